The lowest BCUT2D eigenvalue weighted by Crippen LogP contribution is -2.32. The highest BCUT2D eigenvalue weighted by molar-refractivity contribution is 5.74. The van der Waals surface area contributed by atoms with Crippen LogP contribution in [0.4, 0.5) is 0 Å². The van der Waals surface area contributed by atoms with Crippen molar-refractivity contribution in [1.82, 2.24) is 14.9 Å². The van der Waals surface area contributed by atoms with E-state index in [1.165, 1.54) is 5.56 Å². The highest BCUT2D eigenvalue weighted by atomic mass is 16.5. The first-order chi connectivity index (χ1) is 12.7. The number of likely N-dealkylation sites (tertiary alicyclic amines) is 1. The van der Waals surface area contributed by atoms with Crippen LogP contribution < -0.4 is 9.47 Å². The van der Waals surface area contributed by atoms with Crippen molar-refractivity contribution >= 4 is 11.0 Å². The highest BCUT2D eigenvalue weighted by Gasteiger charge is 2.23. The van der Waals surface area contributed by atoms with Gasteiger partial charge in [0, 0.05) is 18.5 Å². The lowest BCUT2D eigenvalue weighted by molar-refractivity contribution is 0.202. The Balaban J connectivity index is 1.40. The summed E-state index contributed by atoms with van der Waals surface area (Å²) in [5, 5.41) is 0. The summed E-state index contributed by atoms with van der Waals surface area (Å²) in [6, 6.07) is 14.4. The SMILES string of the molecule is COc1cc(CN2CCC(c3nc4ccccc4[nH]3)CC2)cc(OC)c1. The van der Waals surface area contributed by atoms with Gasteiger partial charge in [-0.1, -0.05) is 12.1 Å². The minimum atomic E-state index is 0.512. The molecule has 1 aromatic heterocycles. The Morgan fingerprint density at radius 1 is 1.04 bits per heavy atom. The molecule has 0 spiro atoms. The molecule has 1 saturated heterocycles. The van der Waals surface area contributed by atoms with Crippen molar-refractivity contribution in [3.05, 3.63) is 53.9 Å². The number of aromatic amines is 1. The second kappa shape index (κ2) is 7.38. The summed E-state index contributed by atoms with van der Waals surface area (Å²) in [7, 11) is 3.38. The Morgan fingerprint density at radius 2 is 1.73 bits per heavy atom. The van der Waals surface area contributed by atoms with E-state index in [1.807, 2.05) is 12.1 Å². The summed E-state index contributed by atoms with van der Waals surface area (Å²) in [5.41, 5.74) is 3.42. The minimum absolute atomic E-state index is 0.512. The number of hydrogen-bond acceptors (Lipinski definition) is 4. The van der Waals surface area contributed by atoms with Gasteiger partial charge < -0.3 is 14.5 Å². The van der Waals surface area contributed by atoms with Crippen molar-refractivity contribution in [2.24, 2.45) is 0 Å². The molecular weight excluding hydrogens is 326 g/mol. The Kier molecular flexibility index (Phi) is 4.80. The van der Waals surface area contributed by atoms with E-state index in [2.05, 4.69) is 40.2 Å². The summed E-state index contributed by atoms with van der Waals surface area (Å²) in [5.74, 6) is 3.33. The number of hydrogen-bond donors (Lipinski definition) is 1. The molecule has 26 heavy (non-hydrogen) atoms. The second-order valence-electron chi connectivity index (χ2n) is 6.91. The van der Waals surface area contributed by atoms with Crippen LogP contribution >= 0.6 is 0 Å². The average Bonchev–Trinajstić information content (AvgIpc) is 3.12. The number of fused-ring (bicyclic) bond motifs is 1. The molecule has 0 aliphatic carbocycles. The van der Waals surface area contributed by atoms with Crippen LogP contribution in [0.25, 0.3) is 11.0 Å². The van der Waals surface area contributed by atoms with Gasteiger partial charge in [0.15, 0.2) is 0 Å². The third-order valence-electron chi connectivity index (χ3n) is 5.20. The molecular formula is C21H25N3O2. The maximum Gasteiger partial charge on any atom is 0.122 e. The summed E-state index contributed by atoms with van der Waals surface area (Å²) >= 11 is 0. The fourth-order valence-corrected chi connectivity index (χ4v) is 3.75. The van der Waals surface area contributed by atoms with Gasteiger partial charge in [0.1, 0.15) is 17.3 Å². The Morgan fingerprint density at radius 3 is 2.38 bits per heavy atom. The van der Waals surface area contributed by atoms with E-state index in [-0.39, 0.29) is 0 Å². The van der Waals surface area contributed by atoms with Gasteiger partial charge in [-0.05, 0) is 55.8 Å². The molecule has 1 fully saturated rings. The summed E-state index contributed by atoms with van der Waals surface area (Å²) in [4.78, 5) is 10.8. The van der Waals surface area contributed by atoms with Crippen LogP contribution in [0, 0.1) is 0 Å². The molecule has 2 aromatic carbocycles. The van der Waals surface area contributed by atoms with E-state index in [0.29, 0.717) is 5.92 Å². The number of benzene rings is 2. The first-order valence-electron chi connectivity index (χ1n) is 9.14. The van der Waals surface area contributed by atoms with Gasteiger partial charge in [0.2, 0.25) is 0 Å². The molecule has 1 N–H and O–H groups in total. The molecule has 0 atom stereocenters. The minimum Gasteiger partial charge on any atom is -0.497 e. The molecule has 2 heterocycles. The molecule has 5 nitrogen and oxygen atoms in total. The number of nitrogens with one attached hydrogen (secondary N) is 1. The quantitative estimate of drug-likeness (QED) is 0.756. The van der Waals surface area contributed by atoms with Crippen molar-refractivity contribution in [2.75, 3.05) is 27.3 Å². The molecule has 1 aliphatic heterocycles. The van der Waals surface area contributed by atoms with Gasteiger partial charge in [-0.25, -0.2) is 4.98 Å². The molecule has 0 amide bonds. The highest BCUT2D eigenvalue weighted by Crippen LogP contribution is 2.29. The van der Waals surface area contributed by atoms with Gasteiger partial charge in [0.25, 0.3) is 0 Å². The topological polar surface area (TPSA) is 50.4 Å². The first-order valence-corrected chi connectivity index (χ1v) is 9.14. The fourth-order valence-electron chi connectivity index (χ4n) is 3.75. The van der Waals surface area contributed by atoms with Crippen molar-refractivity contribution in [3.63, 3.8) is 0 Å². The molecule has 5 heteroatoms. The Labute approximate surface area is 153 Å². The summed E-state index contributed by atoms with van der Waals surface area (Å²) in [6.07, 6.45) is 2.25. The molecule has 136 valence electrons. The lowest BCUT2D eigenvalue weighted by atomic mass is 9.96. The van der Waals surface area contributed by atoms with Crippen molar-refractivity contribution in [2.45, 2.75) is 25.3 Å². The zero-order valence-electron chi connectivity index (χ0n) is 15.4. The van der Waals surface area contributed by atoms with E-state index < -0.39 is 0 Å². The standard InChI is InChI=1S/C21H25N3O2/c1-25-17-11-15(12-18(13-17)26-2)14-24-9-7-16(8-10-24)21-22-19-5-3-4-6-20(19)23-21/h3-6,11-13,16H,7-10,14H2,1-2H3,(H,22,23). The molecule has 1 aliphatic rings. The Hall–Kier alpha value is -2.53. The van der Waals surface area contributed by atoms with Gasteiger partial charge in [-0.15, -0.1) is 0 Å². The van der Waals surface area contributed by atoms with E-state index in [0.717, 1.165) is 60.8 Å². The predicted molar refractivity (Wildman–Crippen MR) is 103 cm³/mol. The molecule has 0 radical (unpaired) electrons. The number of piperidine rings is 1. The van der Waals surface area contributed by atoms with Gasteiger partial charge in [0.05, 0.1) is 25.3 Å². The van der Waals surface area contributed by atoms with Crippen LogP contribution in [0.15, 0.2) is 42.5 Å². The van der Waals surface area contributed by atoms with E-state index in [9.17, 15) is 0 Å². The van der Waals surface area contributed by atoms with Crippen LogP contribution in [0.2, 0.25) is 0 Å². The second-order valence-corrected chi connectivity index (χ2v) is 6.91. The zero-order valence-corrected chi connectivity index (χ0v) is 15.4. The third-order valence-corrected chi connectivity index (χ3v) is 5.20. The van der Waals surface area contributed by atoms with Crippen LogP contribution in [-0.4, -0.2) is 42.2 Å². The van der Waals surface area contributed by atoms with Crippen LogP contribution in [-0.2, 0) is 6.54 Å². The maximum atomic E-state index is 5.38. The molecule has 0 saturated carbocycles. The largest absolute Gasteiger partial charge is 0.497 e. The fraction of sp³-hybridized carbons (Fsp3) is 0.381. The molecule has 3 aromatic rings. The number of methoxy groups -OCH3 is 2. The van der Waals surface area contributed by atoms with E-state index in [1.54, 1.807) is 14.2 Å². The van der Waals surface area contributed by atoms with Gasteiger partial charge >= 0.3 is 0 Å². The molecule has 0 bridgehead atoms. The smallest absolute Gasteiger partial charge is 0.122 e. The van der Waals surface area contributed by atoms with Crippen LogP contribution in [0.5, 0.6) is 11.5 Å². The monoisotopic (exact) mass is 351 g/mol. The van der Waals surface area contributed by atoms with E-state index in [4.69, 9.17) is 14.5 Å². The zero-order chi connectivity index (χ0) is 17.9. The van der Waals surface area contributed by atoms with E-state index >= 15 is 0 Å². The van der Waals surface area contributed by atoms with Gasteiger partial charge in [-0.2, -0.15) is 0 Å². The van der Waals surface area contributed by atoms with Crippen molar-refractivity contribution < 1.29 is 9.47 Å². The number of aromatic nitrogens is 2. The number of rotatable bonds is 5. The third kappa shape index (κ3) is 3.53. The summed E-state index contributed by atoms with van der Waals surface area (Å²) in [6.45, 7) is 3.06. The predicted octanol–water partition coefficient (Wildman–Crippen LogP) is 3.96. The number of H-pyrrole nitrogens is 1. The number of imidazole rings is 1. The number of nitrogens with zero attached hydrogens (tertiary/aromatic N) is 2. The van der Waals surface area contributed by atoms with Gasteiger partial charge in [-0.3, -0.25) is 4.90 Å². The maximum absolute atomic E-state index is 5.38. The number of para-hydroxylation sites is 2. The van der Waals surface area contributed by atoms with Crippen molar-refractivity contribution in [1.29, 1.82) is 0 Å². The molecule has 4 rings (SSSR count). The molecule has 0 unspecified atom stereocenters. The average molecular weight is 351 g/mol. The van der Waals surface area contributed by atoms with Crippen LogP contribution in [0.3, 0.4) is 0 Å². The first kappa shape index (κ1) is 16.9. The normalized spacial score (nSPS) is 16.1. The Bertz CT molecular complexity index is 827. The van der Waals surface area contributed by atoms with Crippen molar-refractivity contribution in [3.8, 4) is 11.5 Å². The number of ether oxygens (including phenoxy) is 2. The van der Waals surface area contributed by atoms with Crippen LogP contribution in [0.1, 0.15) is 30.1 Å². The summed E-state index contributed by atoms with van der Waals surface area (Å²) < 4.78 is 10.8. The lowest BCUT2D eigenvalue weighted by Gasteiger charge is -2.31.